The van der Waals surface area contributed by atoms with Crippen molar-refractivity contribution < 1.29 is 9.84 Å². The molecule has 0 fully saturated rings. The Kier molecular flexibility index (Phi) is 12.7. The quantitative estimate of drug-likeness (QED) is 0.608. The molecule has 0 aliphatic carbocycles. The van der Waals surface area contributed by atoms with Crippen LogP contribution in [0, 0.1) is 0 Å². The van der Waals surface area contributed by atoms with Crippen LogP contribution >= 0.6 is 24.8 Å². The molecule has 1 aromatic rings. The summed E-state index contributed by atoms with van der Waals surface area (Å²) < 4.78 is 5.11. The molecule has 0 atom stereocenters. The lowest BCUT2D eigenvalue weighted by molar-refractivity contribution is 0.202. The van der Waals surface area contributed by atoms with Gasteiger partial charge in [0.25, 0.3) is 0 Å². The molecule has 0 aliphatic rings. The Hall–Kier alpha value is -0.880. The Labute approximate surface area is 101 Å². The van der Waals surface area contributed by atoms with Crippen molar-refractivity contribution in [2.75, 3.05) is 24.7 Å². The number of hydrogen-bond donors (Lipinski definition) is 4. The molecule has 0 aromatic heterocycles. The predicted molar refractivity (Wildman–Crippen MR) is 67.4 cm³/mol. The van der Waals surface area contributed by atoms with Crippen molar-refractivity contribution in [1.29, 1.82) is 0 Å². The van der Waals surface area contributed by atoms with E-state index in [9.17, 15) is 0 Å². The number of hydrogen-bond acceptors (Lipinski definition) is 5. The second-order valence-corrected chi connectivity index (χ2v) is 2.37. The van der Waals surface area contributed by atoms with Crippen LogP contribution in [0.1, 0.15) is 0 Å². The number of rotatable bonds is 3. The summed E-state index contributed by atoms with van der Waals surface area (Å²) >= 11 is 0. The first-order valence-electron chi connectivity index (χ1n) is 3.62. The van der Waals surface area contributed by atoms with Crippen molar-refractivity contribution in [3.05, 3.63) is 18.2 Å². The zero-order chi connectivity index (χ0) is 8.97. The van der Waals surface area contributed by atoms with Gasteiger partial charge in [0.2, 0.25) is 0 Å². The molecule has 90 valence electrons. The van der Waals surface area contributed by atoms with Crippen molar-refractivity contribution in [3.8, 4) is 5.75 Å². The summed E-state index contributed by atoms with van der Waals surface area (Å²) in [6, 6.07) is 5.00. The number of nitrogens with two attached hydrogens (primary N) is 2. The highest BCUT2D eigenvalue weighted by Gasteiger charge is 1.98. The molecular weight excluding hydrogens is 241 g/mol. The molecule has 0 saturated carbocycles. The number of halogens is 2. The van der Waals surface area contributed by atoms with E-state index in [1.807, 2.05) is 0 Å². The van der Waals surface area contributed by atoms with E-state index in [0.29, 0.717) is 17.1 Å². The Bertz CT molecular complexity index is 274. The number of nitrogen functional groups attached to an aromatic ring is 2. The summed E-state index contributed by atoms with van der Waals surface area (Å²) in [5.41, 5.74) is 12.1. The van der Waals surface area contributed by atoms with Crippen molar-refractivity contribution in [2.24, 2.45) is 0 Å². The normalized spacial score (nSPS) is 7.80. The lowest BCUT2D eigenvalue weighted by Crippen LogP contribution is -2.04. The summed E-state index contributed by atoms with van der Waals surface area (Å²) in [5, 5.41) is 8.48. The molecule has 5 nitrogen and oxygen atoms in total. The van der Waals surface area contributed by atoms with E-state index >= 15 is 0 Å². The van der Waals surface area contributed by atoms with E-state index in [2.05, 4.69) is 0 Å². The van der Waals surface area contributed by atoms with E-state index in [0.717, 1.165) is 0 Å². The molecule has 0 spiro atoms. The van der Waals surface area contributed by atoms with Gasteiger partial charge in [-0.15, -0.1) is 24.8 Å². The molecule has 0 saturated heterocycles. The molecular formula is C8H17Cl2N3O2. The van der Waals surface area contributed by atoms with Gasteiger partial charge in [0.15, 0.2) is 0 Å². The molecule has 7 heteroatoms. The minimum atomic E-state index is -0.0240. The average Bonchev–Trinajstić information content (AvgIpc) is 2.03. The van der Waals surface area contributed by atoms with Crippen LogP contribution in [0.3, 0.4) is 0 Å². The van der Waals surface area contributed by atoms with Crippen molar-refractivity contribution in [3.63, 3.8) is 0 Å². The van der Waals surface area contributed by atoms with E-state index in [1.165, 1.54) is 0 Å². The average molecular weight is 258 g/mol. The van der Waals surface area contributed by atoms with Crippen LogP contribution in [0.2, 0.25) is 0 Å². The molecule has 0 amide bonds. The molecule has 0 radical (unpaired) electrons. The van der Waals surface area contributed by atoms with Gasteiger partial charge in [-0.2, -0.15) is 0 Å². The summed E-state index contributed by atoms with van der Waals surface area (Å²) in [6.07, 6.45) is 0. The Morgan fingerprint density at radius 2 is 1.80 bits per heavy atom. The zero-order valence-corrected chi connectivity index (χ0v) is 9.81. The Morgan fingerprint density at radius 1 is 1.20 bits per heavy atom. The molecule has 15 heavy (non-hydrogen) atoms. The third-order valence-corrected chi connectivity index (χ3v) is 1.38. The fraction of sp³-hybridized carbons (Fsp3) is 0.250. The number of aliphatic hydroxyl groups is 1. The summed E-state index contributed by atoms with van der Waals surface area (Å²) in [4.78, 5) is 0. The molecule has 0 heterocycles. The highest BCUT2D eigenvalue weighted by molar-refractivity contribution is 5.85. The Balaban J connectivity index is -0.000000480. The van der Waals surface area contributed by atoms with Crippen molar-refractivity contribution >= 4 is 36.2 Å². The fourth-order valence-electron chi connectivity index (χ4n) is 0.854. The lowest BCUT2D eigenvalue weighted by atomic mass is 10.2. The van der Waals surface area contributed by atoms with Gasteiger partial charge < -0.3 is 27.5 Å². The monoisotopic (exact) mass is 257 g/mol. The third kappa shape index (κ3) is 6.24. The van der Waals surface area contributed by atoms with Crippen molar-refractivity contribution in [1.82, 2.24) is 6.15 Å². The first-order valence-corrected chi connectivity index (χ1v) is 3.62. The van der Waals surface area contributed by atoms with E-state index in [1.54, 1.807) is 18.2 Å². The van der Waals surface area contributed by atoms with Gasteiger partial charge in [0, 0.05) is 5.69 Å². The molecule has 1 rings (SSSR count). The minimum Gasteiger partial charge on any atom is -0.489 e. The summed E-state index contributed by atoms with van der Waals surface area (Å²) in [7, 11) is 0. The Morgan fingerprint density at radius 3 is 2.27 bits per heavy atom. The van der Waals surface area contributed by atoms with Crippen molar-refractivity contribution in [2.45, 2.75) is 0 Å². The van der Waals surface area contributed by atoms with Gasteiger partial charge in [0.05, 0.1) is 12.3 Å². The van der Waals surface area contributed by atoms with Gasteiger partial charge >= 0.3 is 0 Å². The van der Waals surface area contributed by atoms with Gasteiger partial charge in [-0.1, -0.05) is 0 Å². The first-order chi connectivity index (χ1) is 5.74. The molecule has 0 aliphatic heterocycles. The second-order valence-electron chi connectivity index (χ2n) is 2.37. The van der Waals surface area contributed by atoms with Gasteiger partial charge in [0.1, 0.15) is 12.4 Å². The highest BCUT2D eigenvalue weighted by atomic mass is 35.5. The number of anilines is 2. The van der Waals surface area contributed by atoms with Crippen LogP contribution in [0.25, 0.3) is 0 Å². The van der Waals surface area contributed by atoms with Crippen LogP contribution in [0.15, 0.2) is 18.2 Å². The molecule has 0 bridgehead atoms. The lowest BCUT2D eigenvalue weighted by Gasteiger charge is -2.07. The maximum atomic E-state index is 8.48. The van der Waals surface area contributed by atoms with E-state index in [-0.39, 0.29) is 44.2 Å². The first kappa shape index (κ1) is 19.7. The van der Waals surface area contributed by atoms with Gasteiger partial charge in [-0.05, 0) is 18.2 Å². The second kappa shape index (κ2) is 9.67. The molecule has 8 N–H and O–H groups in total. The standard InChI is InChI=1S/C8H12N2O2.2ClH.H3N/c9-6-1-2-8(7(10)5-6)12-4-3-11;;;/h1-2,5,11H,3-4,9-10H2;2*1H;1H3. The van der Waals surface area contributed by atoms with Crippen LogP contribution < -0.4 is 22.4 Å². The van der Waals surface area contributed by atoms with Crippen LogP contribution in [-0.4, -0.2) is 18.3 Å². The SMILES string of the molecule is Cl.Cl.N.Nc1ccc(OCCO)c(N)c1. The maximum Gasteiger partial charge on any atom is 0.142 e. The summed E-state index contributed by atoms with van der Waals surface area (Å²) in [5.74, 6) is 0.554. The fourth-order valence-corrected chi connectivity index (χ4v) is 0.854. The van der Waals surface area contributed by atoms with Crippen LogP contribution in [0.5, 0.6) is 5.75 Å². The predicted octanol–water partition coefficient (Wildman–Crippen LogP) is 1.23. The van der Waals surface area contributed by atoms with Gasteiger partial charge in [-0.3, -0.25) is 0 Å². The topological polar surface area (TPSA) is 116 Å². The minimum absolute atomic E-state index is 0. The molecule has 0 unspecified atom stereocenters. The van der Waals surface area contributed by atoms with E-state index in [4.69, 9.17) is 21.3 Å². The summed E-state index contributed by atoms with van der Waals surface area (Å²) in [6.45, 7) is 0.220. The maximum absolute atomic E-state index is 8.48. The zero-order valence-electron chi connectivity index (χ0n) is 8.18. The largest absolute Gasteiger partial charge is 0.489 e. The van der Waals surface area contributed by atoms with Gasteiger partial charge in [-0.25, -0.2) is 0 Å². The van der Waals surface area contributed by atoms with Crippen LogP contribution in [-0.2, 0) is 0 Å². The third-order valence-electron chi connectivity index (χ3n) is 1.38. The van der Waals surface area contributed by atoms with E-state index < -0.39 is 0 Å². The number of ether oxygens (including phenoxy) is 1. The smallest absolute Gasteiger partial charge is 0.142 e. The van der Waals surface area contributed by atoms with Crippen LogP contribution in [0.4, 0.5) is 11.4 Å². The molecule has 1 aromatic carbocycles. The number of aliphatic hydroxyl groups excluding tert-OH is 1. The number of benzene rings is 1. The highest BCUT2D eigenvalue weighted by Crippen LogP contribution is 2.23.